The second-order valence-corrected chi connectivity index (χ2v) is 14.7. The number of aryl methyl sites for hydroxylation is 1. The van der Waals surface area contributed by atoms with Crippen LogP contribution in [0.5, 0.6) is 0 Å². The lowest BCUT2D eigenvalue weighted by molar-refractivity contribution is -0.116. The fourth-order valence-corrected chi connectivity index (χ4v) is 8.23. The second-order valence-electron chi connectivity index (χ2n) is 10.4. The number of hydrogen-bond acceptors (Lipinski definition) is 7. The summed E-state index contributed by atoms with van der Waals surface area (Å²) in [6.45, 7) is 5.21. The van der Waals surface area contributed by atoms with Crippen LogP contribution < -0.4 is 10.9 Å². The largest absolute Gasteiger partial charge is 0.351 e. The van der Waals surface area contributed by atoms with E-state index in [1.54, 1.807) is 18.2 Å². The third-order valence-corrected chi connectivity index (χ3v) is 11.0. The van der Waals surface area contributed by atoms with Crippen LogP contribution >= 0.6 is 34.5 Å². The molecule has 1 N–H and O–H groups in total. The van der Waals surface area contributed by atoms with Gasteiger partial charge in [-0.1, -0.05) is 47.0 Å². The predicted octanol–water partition coefficient (Wildman–Crippen LogP) is 5.08. The maximum absolute atomic E-state index is 13.5. The number of likely N-dealkylation sites (tertiary alicyclic amines) is 1. The predicted molar refractivity (Wildman–Crippen MR) is 167 cm³/mol. The topological polar surface area (TPSA) is 106 Å². The number of carbonyl (C=O) groups excluding carboxylic acids is 2. The van der Waals surface area contributed by atoms with Crippen molar-refractivity contribution in [1.29, 1.82) is 0 Å². The molecular formula is C30H29Cl2N3O5S2. The zero-order valence-electron chi connectivity index (χ0n) is 22.9. The highest BCUT2D eigenvalue weighted by atomic mass is 35.5. The summed E-state index contributed by atoms with van der Waals surface area (Å²) in [6.07, 6.45) is 3.68. The smallest absolute Gasteiger partial charge is 0.263 e. The maximum Gasteiger partial charge on any atom is 0.263 e. The number of rotatable bonds is 10. The fourth-order valence-electron chi connectivity index (χ4n) is 5.13. The van der Waals surface area contributed by atoms with Crippen LogP contribution in [0.3, 0.4) is 0 Å². The van der Waals surface area contributed by atoms with Crippen molar-refractivity contribution in [2.75, 3.05) is 31.9 Å². The number of nitrogens with zero attached hydrogens (tertiary/aromatic N) is 2. The Bertz CT molecular complexity index is 1840. The SMILES string of the molecule is Cc1ccc2c(=O)n(-c3ccc(CC(=O)CS(=O)(=O)c4ccc(Cl)s4)cc3Cl)cc(C(=O)NCCN3CCCC3)c2c1. The number of carbonyl (C=O) groups is 2. The third-order valence-electron chi connectivity index (χ3n) is 7.21. The Labute approximate surface area is 257 Å². The van der Waals surface area contributed by atoms with Gasteiger partial charge in [0.15, 0.2) is 15.6 Å². The summed E-state index contributed by atoms with van der Waals surface area (Å²) in [5.41, 5.74) is 1.76. The average molecular weight is 647 g/mol. The van der Waals surface area contributed by atoms with Crippen molar-refractivity contribution in [2.45, 2.75) is 30.4 Å². The minimum absolute atomic E-state index is 0.0380. The molecule has 1 aliphatic heterocycles. The molecule has 42 heavy (non-hydrogen) atoms. The van der Waals surface area contributed by atoms with E-state index in [1.165, 1.54) is 41.8 Å². The van der Waals surface area contributed by atoms with E-state index >= 15 is 0 Å². The van der Waals surface area contributed by atoms with Gasteiger partial charge in [-0.2, -0.15) is 0 Å². The Balaban J connectivity index is 1.40. The van der Waals surface area contributed by atoms with Gasteiger partial charge in [0.25, 0.3) is 11.5 Å². The van der Waals surface area contributed by atoms with E-state index in [0.29, 0.717) is 38.5 Å². The highest BCUT2D eigenvalue weighted by molar-refractivity contribution is 7.94. The number of thiophene rings is 1. The number of sulfone groups is 1. The molecule has 220 valence electrons. The Morgan fingerprint density at radius 1 is 1.00 bits per heavy atom. The zero-order valence-corrected chi connectivity index (χ0v) is 26.0. The highest BCUT2D eigenvalue weighted by Crippen LogP contribution is 2.28. The monoisotopic (exact) mass is 645 g/mol. The van der Waals surface area contributed by atoms with Crippen LogP contribution in [0.1, 0.15) is 34.3 Å². The molecule has 8 nitrogen and oxygen atoms in total. The number of hydrogen-bond donors (Lipinski definition) is 1. The number of pyridine rings is 1. The van der Waals surface area contributed by atoms with Gasteiger partial charge in [-0.05, 0) is 68.8 Å². The van der Waals surface area contributed by atoms with Crippen LogP contribution in [0.2, 0.25) is 9.36 Å². The normalized spacial score (nSPS) is 14.0. The van der Waals surface area contributed by atoms with Gasteiger partial charge >= 0.3 is 0 Å². The Morgan fingerprint density at radius 2 is 1.76 bits per heavy atom. The number of fused-ring (bicyclic) bond motifs is 1. The molecule has 1 saturated heterocycles. The Morgan fingerprint density at radius 3 is 2.45 bits per heavy atom. The van der Waals surface area contributed by atoms with E-state index in [1.807, 2.05) is 19.1 Å². The maximum atomic E-state index is 13.5. The van der Waals surface area contributed by atoms with E-state index in [0.717, 1.165) is 36.5 Å². The minimum Gasteiger partial charge on any atom is -0.351 e. The lowest BCUT2D eigenvalue weighted by atomic mass is 10.0. The van der Waals surface area contributed by atoms with Gasteiger partial charge in [-0.25, -0.2) is 8.42 Å². The van der Waals surface area contributed by atoms with Crippen molar-refractivity contribution in [2.24, 2.45) is 0 Å². The standard InChI is InChI=1S/C30H29Cl2N3O5S2/c1-19-4-6-22-23(14-19)24(29(37)33-10-13-34-11-2-3-12-34)17-35(30(22)38)26-7-5-20(16-25(26)31)15-21(36)18-42(39,40)28-9-8-27(32)41-28/h4-9,14,16-17H,2-3,10-13,15,18H2,1H3,(H,33,37). The first kappa shape index (κ1) is 30.4. The van der Waals surface area contributed by atoms with E-state index in [9.17, 15) is 22.8 Å². The summed E-state index contributed by atoms with van der Waals surface area (Å²) < 4.78 is 26.8. The van der Waals surface area contributed by atoms with Gasteiger partial charge in [0, 0.05) is 36.5 Å². The first-order valence-corrected chi connectivity index (χ1v) is 16.7. The van der Waals surface area contributed by atoms with Crippen molar-refractivity contribution in [3.8, 4) is 5.69 Å². The van der Waals surface area contributed by atoms with E-state index in [4.69, 9.17) is 23.2 Å². The summed E-state index contributed by atoms with van der Waals surface area (Å²) in [6, 6.07) is 12.9. The highest BCUT2D eigenvalue weighted by Gasteiger charge is 2.22. The summed E-state index contributed by atoms with van der Waals surface area (Å²) >= 11 is 13.4. The molecule has 1 fully saturated rings. The van der Waals surface area contributed by atoms with E-state index < -0.39 is 21.4 Å². The number of halogens is 2. The number of ketones is 1. The summed E-state index contributed by atoms with van der Waals surface area (Å²) in [7, 11) is -3.81. The lowest BCUT2D eigenvalue weighted by Gasteiger charge is -2.17. The molecule has 12 heteroatoms. The lowest BCUT2D eigenvalue weighted by Crippen LogP contribution is -2.34. The van der Waals surface area contributed by atoms with Gasteiger partial charge in [0.05, 0.1) is 20.6 Å². The molecule has 2 aromatic carbocycles. The van der Waals surface area contributed by atoms with Crippen LogP contribution in [0, 0.1) is 6.92 Å². The average Bonchev–Trinajstić information content (AvgIpc) is 3.61. The first-order chi connectivity index (χ1) is 20.0. The molecule has 2 aromatic heterocycles. The minimum atomic E-state index is -3.81. The number of nitrogens with one attached hydrogen (secondary N) is 1. The molecule has 3 heterocycles. The molecule has 0 saturated carbocycles. The van der Waals surface area contributed by atoms with Crippen molar-refractivity contribution < 1.29 is 18.0 Å². The van der Waals surface area contributed by atoms with Crippen LogP contribution in [-0.4, -0.2) is 61.5 Å². The molecule has 1 amide bonds. The van der Waals surface area contributed by atoms with Crippen molar-refractivity contribution in [1.82, 2.24) is 14.8 Å². The molecule has 0 unspecified atom stereocenters. The number of amides is 1. The molecule has 0 atom stereocenters. The van der Waals surface area contributed by atoms with Crippen molar-refractivity contribution in [3.05, 3.63) is 91.1 Å². The molecule has 0 radical (unpaired) electrons. The molecule has 1 aliphatic rings. The molecule has 0 bridgehead atoms. The first-order valence-electron chi connectivity index (χ1n) is 13.5. The van der Waals surface area contributed by atoms with E-state index in [-0.39, 0.29) is 27.1 Å². The van der Waals surface area contributed by atoms with Gasteiger partial charge in [-0.15, -0.1) is 11.3 Å². The Hall–Kier alpha value is -3.02. The van der Waals surface area contributed by atoms with Crippen LogP contribution in [0.25, 0.3) is 16.5 Å². The fraction of sp³-hybridized carbons (Fsp3) is 0.300. The second kappa shape index (κ2) is 12.7. The number of benzene rings is 2. The number of aromatic nitrogens is 1. The molecule has 0 aliphatic carbocycles. The molecule has 5 rings (SSSR count). The third kappa shape index (κ3) is 6.79. The van der Waals surface area contributed by atoms with Crippen molar-refractivity contribution in [3.63, 3.8) is 0 Å². The quantitative estimate of drug-likeness (QED) is 0.258. The Kier molecular flexibility index (Phi) is 9.20. The summed E-state index contributed by atoms with van der Waals surface area (Å²) in [5, 5.41) is 4.11. The van der Waals surface area contributed by atoms with Crippen LogP contribution in [0.4, 0.5) is 0 Å². The van der Waals surface area contributed by atoms with Gasteiger partial charge < -0.3 is 10.2 Å². The summed E-state index contributed by atoms with van der Waals surface area (Å²) in [5.74, 6) is -1.46. The van der Waals surface area contributed by atoms with Crippen LogP contribution in [0.15, 0.2) is 63.7 Å². The zero-order chi connectivity index (χ0) is 30.0. The summed E-state index contributed by atoms with van der Waals surface area (Å²) in [4.78, 5) is 41.8. The molecular weight excluding hydrogens is 617 g/mol. The van der Waals surface area contributed by atoms with Gasteiger partial charge in [0.2, 0.25) is 0 Å². The van der Waals surface area contributed by atoms with Crippen molar-refractivity contribution >= 4 is 66.8 Å². The van der Waals surface area contributed by atoms with E-state index in [2.05, 4.69) is 10.2 Å². The molecule has 0 spiro atoms. The van der Waals surface area contributed by atoms with Crippen LogP contribution in [-0.2, 0) is 21.1 Å². The van der Waals surface area contributed by atoms with Gasteiger partial charge in [0.1, 0.15) is 9.96 Å². The number of Topliss-reactive ketones (excluding diaryl/α,β-unsaturated/α-hetero) is 1. The molecule has 4 aromatic rings. The van der Waals surface area contributed by atoms with Gasteiger partial charge in [-0.3, -0.25) is 19.0 Å².